The van der Waals surface area contributed by atoms with Crippen molar-refractivity contribution in [2.24, 2.45) is 10.7 Å². The highest BCUT2D eigenvalue weighted by Crippen LogP contribution is 2.35. The lowest BCUT2D eigenvalue weighted by atomic mass is 10.0. The number of guanidine groups is 1. The maximum absolute atomic E-state index is 13.1. The summed E-state index contributed by atoms with van der Waals surface area (Å²) >= 11 is 12.0. The van der Waals surface area contributed by atoms with Crippen LogP contribution in [0.1, 0.15) is 39.0 Å². The van der Waals surface area contributed by atoms with Gasteiger partial charge >= 0.3 is 0 Å². The van der Waals surface area contributed by atoms with Gasteiger partial charge in [-0.15, -0.1) is 0 Å². The zero-order chi connectivity index (χ0) is 21.9. The number of nitrogens with one attached hydrogen (secondary N) is 2. The largest absolute Gasteiger partial charge is 0.370 e. The number of anilines is 1. The molecule has 3 rings (SSSR count). The van der Waals surface area contributed by atoms with Crippen LogP contribution in [0.25, 0.3) is 10.8 Å². The van der Waals surface area contributed by atoms with Crippen molar-refractivity contribution >= 4 is 61.0 Å². The first-order valence-electron chi connectivity index (χ1n) is 9.57. The Kier molecular flexibility index (Phi) is 6.86. The summed E-state index contributed by atoms with van der Waals surface area (Å²) in [5.74, 6) is 0.491. The number of rotatable bonds is 7. The summed E-state index contributed by atoms with van der Waals surface area (Å²) in [6.07, 6.45) is 4.46. The minimum atomic E-state index is -4.03. The number of carbonyl (C=O) groups excluding carboxylic acids is 1. The molecule has 0 radical (unpaired) electrons. The highest BCUT2D eigenvalue weighted by molar-refractivity contribution is 7.89. The van der Waals surface area contributed by atoms with Crippen molar-refractivity contribution in [3.05, 3.63) is 29.4 Å². The summed E-state index contributed by atoms with van der Waals surface area (Å²) in [4.78, 5) is 20.3. The summed E-state index contributed by atoms with van der Waals surface area (Å²) in [5, 5.41) is 3.61. The fourth-order valence-corrected chi connectivity index (χ4v) is 5.44. The first-order valence-corrected chi connectivity index (χ1v) is 11.8. The van der Waals surface area contributed by atoms with Gasteiger partial charge in [-0.2, -0.15) is 4.72 Å². The molecule has 1 fully saturated rings. The van der Waals surface area contributed by atoms with Crippen LogP contribution in [0.5, 0.6) is 0 Å². The lowest BCUT2D eigenvalue weighted by Gasteiger charge is -2.25. The van der Waals surface area contributed by atoms with Crippen LogP contribution < -0.4 is 15.8 Å². The summed E-state index contributed by atoms with van der Waals surface area (Å²) in [5.41, 5.74) is 4.61. The molecule has 0 bridgehead atoms. The smallest absolute Gasteiger partial charge is 0.242 e. The quantitative estimate of drug-likeness (QED) is 0.322. The Balaban J connectivity index is 2.03. The molecule has 1 aromatic heterocycles. The molecule has 1 aliphatic carbocycles. The van der Waals surface area contributed by atoms with Gasteiger partial charge in [0.25, 0.3) is 0 Å². The van der Waals surface area contributed by atoms with Gasteiger partial charge in [0.2, 0.25) is 15.3 Å². The molecule has 0 spiro atoms. The van der Waals surface area contributed by atoms with Crippen LogP contribution in [0.4, 0.5) is 5.82 Å². The zero-order valence-electron chi connectivity index (χ0n) is 16.4. The third kappa shape index (κ3) is 4.69. The molecule has 4 N–H and O–H groups in total. The van der Waals surface area contributed by atoms with Gasteiger partial charge in [0, 0.05) is 23.5 Å². The molecule has 11 heteroatoms. The molecule has 1 heterocycles. The van der Waals surface area contributed by atoms with Crippen LogP contribution in [0.2, 0.25) is 5.02 Å². The molecule has 0 amide bonds. The second-order valence-corrected chi connectivity index (χ2v) is 9.66. The van der Waals surface area contributed by atoms with Gasteiger partial charge in [-0.05, 0) is 43.0 Å². The topological polar surface area (TPSA) is 127 Å². The number of benzene rings is 1. The number of pyridine rings is 1. The Morgan fingerprint density at radius 1 is 1.30 bits per heavy atom. The number of halogens is 2. The van der Waals surface area contributed by atoms with Crippen LogP contribution >= 0.6 is 23.2 Å². The number of sulfonamides is 1. The molecule has 162 valence electrons. The minimum Gasteiger partial charge on any atom is -0.370 e. The molecule has 8 nitrogen and oxygen atoms in total. The van der Waals surface area contributed by atoms with Gasteiger partial charge < -0.3 is 11.1 Å². The van der Waals surface area contributed by atoms with E-state index in [0.717, 1.165) is 19.3 Å². The first kappa shape index (κ1) is 22.7. The fourth-order valence-electron chi connectivity index (χ4n) is 3.48. The number of nitrogens with two attached hydrogens (primary N) is 1. The summed E-state index contributed by atoms with van der Waals surface area (Å²) in [6.45, 7) is 2.52. The van der Waals surface area contributed by atoms with Crippen molar-refractivity contribution in [1.29, 1.82) is 0 Å². The molecule has 2 aromatic rings. The van der Waals surface area contributed by atoms with Crippen molar-refractivity contribution in [3.63, 3.8) is 0 Å². The Bertz CT molecular complexity index is 1100. The van der Waals surface area contributed by atoms with Gasteiger partial charge in [-0.25, -0.2) is 13.4 Å². The normalized spacial score (nSPS) is 16.7. The predicted octanol–water partition coefficient (Wildman–Crippen LogP) is 3.38. The minimum absolute atomic E-state index is 0.0321. The average Bonchev–Trinajstić information content (AvgIpc) is 3.17. The molecule has 30 heavy (non-hydrogen) atoms. The maximum atomic E-state index is 13.1. The van der Waals surface area contributed by atoms with E-state index in [9.17, 15) is 13.2 Å². The molecule has 1 saturated carbocycles. The van der Waals surface area contributed by atoms with Crippen LogP contribution in [0.15, 0.2) is 34.3 Å². The van der Waals surface area contributed by atoms with Crippen LogP contribution in [-0.4, -0.2) is 36.7 Å². The van der Waals surface area contributed by atoms with Gasteiger partial charge in [-0.1, -0.05) is 37.4 Å². The highest BCUT2D eigenvalue weighted by atomic mass is 35.5. The molecule has 0 unspecified atom stereocenters. The average molecular weight is 472 g/mol. The number of aliphatic imine (C=N–C) groups is 1. The van der Waals surface area contributed by atoms with Gasteiger partial charge in [0.1, 0.15) is 11.4 Å². The van der Waals surface area contributed by atoms with E-state index < -0.39 is 20.8 Å². The second kappa shape index (κ2) is 9.05. The molecule has 0 saturated heterocycles. The molecular formula is C19H23Cl2N5O3S. The Morgan fingerprint density at radius 2 is 2.00 bits per heavy atom. The number of fused-ring (bicyclic) bond motifs is 1. The van der Waals surface area contributed by atoms with Gasteiger partial charge in [0.05, 0.1) is 9.92 Å². The van der Waals surface area contributed by atoms with E-state index in [1.807, 2.05) is 6.92 Å². The number of hydrogen-bond acceptors (Lipinski definition) is 5. The molecule has 1 aliphatic rings. The number of aromatic nitrogens is 1. The first-order chi connectivity index (χ1) is 14.2. The second-order valence-electron chi connectivity index (χ2n) is 7.22. The predicted molar refractivity (Wildman–Crippen MR) is 120 cm³/mol. The Labute approximate surface area is 185 Å². The third-order valence-corrected chi connectivity index (χ3v) is 7.23. The van der Waals surface area contributed by atoms with Crippen molar-refractivity contribution in [1.82, 2.24) is 9.71 Å². The van der Waals surface area contributed by atoms with E-state index in [1.165, 1.54) is 18.3 Å². The van der Waals surface area contributed by atoms with Gasteiger partial charge in [-0.3, -0.25) is 9.79 Å². The lowest BCUT2D eigenvalue weighted by Crippen LogP contribution is -2.50. The van der Waals surface area contributed by atoms with E-state index in [2.05, 4.69) is 20.0 Å². The summed E-state index contributed by atoms with van der Waals surface area (Å²) in [7, 11) is -4.03. The standard InChI is InChI=1S/C19H23Cl2N5O3S/c1-2-9-23-18(22)25-16-14-10-12(5-6-13(14)15(20)11-24-16)30(28,29)26-19(17(21)27)7-3-4-8-19/h5-6,10-11,26H,2-4,7-9H2,1H3,(H3,22,23,24,25). The summed E-state index contributed by atoms with van der Waals surface area (Å²) in [6, 6.07) is 4.45. The summed E-state index contributed by atoms with van der Waals surface area (Å²) < 4.78 is 28.6. The Morgan fingerprint density at radius 3 is 2.63 bits per heavy atom. The lowest BCUT2D eigenvalue weighted by molar-refractivity contribution is -0.116. The van der Waals surface area contributed by atoms with Crippen LogP contribution in [0.3, 0.4) is 0 Å². The third-order valence-electron chi connectivity index (χ3n) is 5.04. The maximum Gasteiger partial charge on any atom is 0.242 e. The van der Waals surface area contributed by atoms with E-state index in [4.69, 9.17) is 28.9 Å². The molecular weight excluding hydrogens is 449 g/mol. The highest BCUT2D eigenvalue weighted by Gasteiger charge is 2.43. The van der Waals surface area contributed by atoms with E-state index in [0.29, 0.717) is 41.0 Å². The SMILES string of the molecule is CCCN=C(N)Nc1ncc(Cl)c2ccc(S(=O)(=O)NC3(C(=O)Cl)CCCC3)cc12. The fraction of sp³-hybridized carbons (Fsp3) is 0.421. The monoisotopic (exact) mass is 471 g/mol. The van der Waals surface area contributed by atoms with Gasteiger partial charge in [0.15, 0.2) is 5.96 Å². The van der Waals surface area contributed by atoms with E-state index in [-0.39, 0.29) is 10.9 Å². The number of nitrogens with zero attached hydrogens (tertiary/aromatic N) is 2. The van der Waals surface area contributed by atoms with E-state index >= 15 is 0 Å². The van der Waals surface area contributed by atoms with Crippen molar-refractivity contribution in [2.75, 3.05) is 11.9 Å². The van der Waals surface area contributed by atoms with E-state index in [1.54, 1.807) is 6.07 Å². The number of hydrogen-bond donors (Lipinski definition) is 3. The van der Waals surface area contributed by atoms with Crippen molar-refractivity contribution in [2.45, 2.75) is 49.5 Å². The molecule has 0 atom stereocenters. The zero-order valence-corrected chi connectivity index (χ0v) is 18.7. The van der Waals surface area contributed by atoms with Crippen molar-refractivity contribution in [3.8, 4) is 0 Å². The Hall–Kier alpha value is -1.94. The van der Waals surface area contributed by atoms with Crippen LogP contribution in [-0.2, 0) is 14.8 Å². The number of carbonyl (C=O) groups is 1. The van der Waals surface area contributed by atoms with Crippen molar-refractivity contribution < 1.29 is 13.2 Å². The molecule has 0 aliphatic heterocycles. The molecule has 1 aromatic carbocycles. The van der Waals surface area contributed by atoms with Crippen LogP contribution in [0, 0.1) is 0 Å².